The second kappa shape index (κ2) is 7.20. The smallest absolute Gasteiger partial charge is 0.314 e. The second-order valence-corrected chi connectivity index (χ2v) is 7.14. The molecule has 2 aliphatic rings. The number of aliphatic carboxylic acids is 1. The molecule has 0 aromatic heterocycles. The standard InChI is InChI=1S/C14H24N2O3S/c17-12(18)14(5-1-2-6-14)10-16-13(19)15-9-11-3-7-20-8-4-11/h11H,1-10H2,(H,17,18)(H2,15,16,19). The van der Waals surface area contributed by atoms with E-state index in [0.717, 1.165) is 25.7 Å². The average Bonchev–Trinajstić information content (AvgIpc) is 2.94. The van der Waals surface area contributed by atoms with Gasteiger partial charge in [0.15, 0.2) is 0 Å². The number of hydrogen-bond donors (Lipinski definition) is 3. The van der Waals surface area contributed by atoms with Crippen molar-refractivity contribution >= 4 is 23.8 Å². The first-order valence-corrected chi connectivity index (χ1v) is 8.61. The van der Waals surface area contributed by atoms with E-state index in [0.29, 0.717) is 25.3 Å². The summed E-state index contributed by atoms with van der Waals surface area (Å²) in [7, 11) is 0. The molecule has 0 aromatic rings. The zero-order valence-corrected chi connectivity index (χ0v) is 12.6. The molecule has 20 heavy (non-hydrogen) atoms. The zero-order valence-electron chi connectivity index (χ0n) is 11.8. The van der Waals surface area contributed by atoms with Gasteiger partial charge < -0.3 is 15.7 Å². The van der Waals surface area contributed by atoms with E-state index in [9.17, 15) is 14.7 Å². The van der Waals surface area contributed by atoms with Gasteiger partial charge in [-0.05, 0) is 43.1 Å². The minimum Gasteiger partial charge on any atom is -0.481 e. The van der Waals surface area contributed by atoms with Crippen LogP contribution < -0.4 is 10.6 Å². The van der Waals surface area contributed by atoms with E-state index in [1.807, 2.05) is 11.8 Å². The minimum atomic E-state index is -0.778. The number of carbonyl (C=O) groups is 2. The molecule has 0 unspecified atom stereocenters. The number of rotatable bonds is 5. The molecule has 0 radical (unpaired) electrons. The van der Waals surface area contributed by atoms with Crippen molar-refractivity contribution in [1.82, 2.24) is 10.6 Å². The van der Waals surface area contributed by atoms with Crippen molar-refractivity contribution < 1.29 is 14.7 Å². The van der Waals surface area contributed by atoms with Crippen molar-refractivity contribution in [3.8, 4) is 0 Å². The van der Waals surface area contributed by atoms with Crippen LogP contribution in [0.3, 0.4) is 0 Å². The van der Waals surface area contributed by atoms with Crippen molar-refractivity contribution in [1.29, 1.82) is 0 Å². The lowest BCUT2D eigenvalue weighted by Crippen LogP contribution is -2.46. The lowest BCUT2D eigenvalue weighted by atomic mass is 9.86. The van der Waals surface area contributed by atoms with E-state index in [4.69, 9.17) is 0 Å². The van der Waals surface area contributed by atoms with Crippen molar-refractivity contribution in [2.24, 2.45) is 11.3 Å². The summed E-state index contributed by atoms with van der Waals surface area (Å²) >= 11 is 1.97. The number of hydrogen-bond acceptors (Lipinski definition) is 3. The number of carbonyl (C=O) groups excluding carboxylic acids is 1. The molecule has 2 fully saturated rings. The van der Waals surface area contributed by atoms with Crippen LogP contribution in [0.4, 0.5) is 4.79 Å². The van der Waals surface area contributed by atoms with Gasteiger partial charge in [-0.1, -0.05) is 12.8 Å². The van der Waals surface area contributed by atoms with Gasteiger partial charge in [0, 0.05) is 13.1 Å². The van der Waals surface area contributed by atoms with Gasteiger partial charge in [0.2, 0.25) is 0 Å². The molecule has 1 aliphatic carbocycles. The highest BCUT2D eigenvalue weighted by Crippen LogP contribution is 2.37. The summed E-state index contributed by atoms with van der Waals surface area (Å²) in [6.45, 7) is 0.946. The Hall–Kier alpha value is -0.910. The number of urea groups is 1. The van der Waals surface area contributed by atoms with Gasteiger partial charge in [0.25, 0.3) is 0 Å². The Kier molecular flexibility index (Phi) is 5.57. The Bertz CT molecular complexity index is 350. The number of thioether (sulfide) groups is 1. The van der Waals surface area contributed by atoms with E-state index in [1.54, 1.807) is 0 Å². The van der Waals surface area contributed by atoms with Gasteiger partial charge in [-0.15, -0.1) is 0 Å². The van der Waals surface area contributed by atoms with Crippen LogP contribution >= 0.6 is 11.8 Å². The van der Waals surface area contributed by atoms with Gasteiger partial charge in [0.05, 0.1) is 5.41 Å². The van der Waals surface area contributed by atoms with Gasteiger partial charge in [-0.3, -0.25) is 4.79 Å². The molecule has 0 aromatic carbocycles. The summed E-state index contributed by atoms with van der Waals surface area (Å²) in [4.78, 5) is 23.2. The van der Waals surface area contributed by atoms with Crippen LogP contribution in [0, 0.1) is 11.3 Å². The van der Waals surface area contributed by atoms with Crippen LogP contribution in [-0.2, 0) is 4.79 Å². The van der Waals surface area contributed by atoms with Crippen LogP contribution in [0.2, 0.25) is 0 Å². The van der Waals surface area contributed by atoms with Crippen LogP contribution in [0.1, 0.15) is 38.5 Å². The molecule has 1 saturated carbocycles. The van der Waals surface area contributed by atoms with E-state index in [-0.39, 0.29) is 12.6 Å². The summed E-state index contributed by atoms with van der Waals surface area (Å²) < 4.78 is 0. The summed E-state index contributed by atoms with van der Waals surface area (Å²) in [6, 6.07) is -0.226. The third-order valence-corrected chi connectivity index (χ3v) is 5.54. The minimum absolute atomic E-state index is 0.226. The predicted octanol–water partition coefficient (Wildman–Crippen LogP) is 2.07. The van der Waals surface area contributed by atoms with Crippen LogP contribution in [0.15, 0.2) is 0 Å². The highest BCUT2D eigenvalue weighted by molar-refractivity contribution is 7.99. The molecule has 0 atom stereocenters. The molecule has 2 rings (SSSR count). The fourth-order valence-electron chi connectivity index (χ4n) is 3.02. The van der Waals surface area contributed by atoms with Gasteiger partial charge in [-0.2, -0.15) is 11.8 Å². The first kappa shape index (κ1) is 15.5. The number of amides is 2. The normalized spacial score (nSPS) is 22.4. The Morgan fingerprint density at radius 3 is 2.40 bits per heavy atom. The molecule has 1 aliphatic heterocycles. The van der Waals surface area contributed by atoms with Crippen molar-refractivity contribution in [3.63, 3.8) is 0 Å². The first-order chi connectivity index (χ1) is 9.62. The maximum Gasteiger partial charge on any atom is 0.314 e. The Labute approximate surface area is 124 Å². The molecule has 0 bridgehead atoms. The quantitative estimate of drug-likeness (QED) is 0.726. The van der Waals surface area contributed by atoms with Crippen LogP contribution in [0.25, 0.3) is 0 Å². The third-order valence-electron chi connectivity index (χ3n) is 4.49. The maximum absolute atomic E-state index is 11.8. The van der Waals surface area contributed by atoms with E-state index in [2.05, 4.69) is 10.6 Å². The molecule has 5 nitrogen and oxygen atoms in total. The molecular formula is C14H24N2O3S. The Morgan fingerprint density at radius 2 is 1.80 bits per heavy atom. The van der Waals surface area contributed by atoms with Crippen molar-refractivity contribution in [2.75, 3.05) is 24.6 Å². The Balaban J connectivity index is 1.70. The van der Waals surface area contributed by atoms with Crippen molar-refractivity contribution in [2.45, 2.75) is 38.5 Å². The fourth-order valence-corrected chi connectivity index (χ4v) is 4.22. The van der Waals surface area contributed by atoms with E-state index in [1.165, 1.54) is 11.5 Å². The molecule has 2 amide bonds. The lowest BCUT2D eigenvalue weighted by molar-refractivity contribution is -0.148. The number of carboxylic acids is 1. The summed E-state index contributed by atoms with van der Waals surface area (Å²) in [6.07, 6.45) is 5.53. The lowest BCUT2D eigenvalue weighted by Gasteiger charge is -2.25. The van der Waals surface area contributed by atoms with Crippen LogP contribution in [-0.4, -0.2) is 41.7 Å². The monoisotopic (exact) mass is 300 g/mol. The largest absolute Gasteiger partial charge is 0.481 e. The average molecular weight is 300 g/mol. The first-order valence-electron chi connectivity index (χ1n) is 7.45. The highest BCUT2D eigenvalue weighted by atomic mass is 32.2. The maximum atomic E-state index is 11.8. The highest BCUT2D eigenvalue weighted by Gasteiger charge is 2.41. The molecule has 1 heterocycles. The second-order valence-electron chi connectivity index (χ2n) is 5.91. The van der Waals surface area contributed by atoms with Crippen molar-refractivity contribution in [3.05, 3.63) is 0 Å². The van der Waals surface area contributed by atoms with E-state index < -0.39 is 11.4 Å². The fraction of sp³-hybridized carbons (Fsp3) is 0.857. The summed E-state index contributed by atoms with van der Waals surface area (Å²) in [5.41, 5.74) is -0.737. The number of carboxylic acid groups (broad SMARTS) is 1. The summed E-state index contributed by atoms with van der Waals surface area (Å²) in [5, 5.41) is 15.0. The zero-order chi connectivity index (χ0) is 14.4. The molecule has 3 N–H and O–H groups in total. The SMILES string of the molecule is O=C(NCC1CCSCC1)NCC1(C(=O)O)CCCC1. The molecule has 114 valence electrons. The molecule has 0 spiro atoms. The molecule has 1 saturated heterocycles. The third kappa shape index (κ3) is 4.04. The summed E-state index contributed by atoms with van der Waals surface area (Å²) in [5.74, 6) is 2.15. The predicted molar refractivity (Wildman–Crippen MR) is 80.0 cm³/mol. The Morgan fingerprint density at radius 1 is 1.15 bits per heavy atom. The van der Waals surface area contributed by atoms with Gasteiger partial charge >= 0.3 is 12.0 Å². The van der Waals surface area contributed by atoms with Crippen LogP contribution in [0.5, 0.6) is 0 Å². The molecular weight excluding hydrogens is 276 g/mol. The van der Waals surface area contributed by atoms with Gasteiger partial charge in [0.1, 0.15) is 0 Å². The number of nitrogens with one attached hydrogen (secondary N) is 2. The topological polar surface area (TPSA) is 78.4 Å². The van der Waals surface area contributed by atoms with Gasteiger partial charge in [-0.25, -0.2) is 4.79 Å². The van der Waals surface area contributed by atoms with E-state index >= 15 is 0 Å². The molecule has 6 heteroatoms.